The molecule has 0 unspecified atom stereocenters. The fraction of sp³-hybridized carbons (Fsp3) is 0.632. The molecule has 0 bridgehead atoms. The van der Waals surface area contributed by atoms with Gasteiger partial charge in [-0.3, -0.25) is 0 Å². The zero-order chi connectivity index (χ0) is 15.2. The van der Waals surface area contributed by atoms with Gasteiger partial charge in [-0.25, -0.2) is 4.79 Å². The Labute approximate surface area is 134 Å². The highest BCUT2D eigenvalue weighted by Crippen LogP contribution is 2.30. The molecule has 0 atom stereocenters. The van der Waals surface area contributed by atoms with E-state index in [4.69, 9.17) is 0 Å². The molecule has 2 aliphatic carbocycles. The Morgan fingerprint density at radius 2 is 1.32 bits per heavy atom. The van der Waals surface area contributed by atoms with E-state index in [9.17, 15) is 4.79 Å². The highest BCUT2D eigenvalue weighted by molar-refractivity contribution is 5.89. The van der Waals surface area contributed by atoms with E-state index < -0.39 is 0 Å². The number of anilines is 1. The monoisotopic (exact) mass is 300 g/mol. The summed E-state index contributed by atoms with van der Waals surface area (Å²) in [4.78, 5) is 15.1. The molecule has 0 saturated heterocycles. The summed E-state index contributed by atoms with van der Waals surface area (Å²) < 4.78 is 0. The first-order valence-corrected chi connectivity index (χ1v) is 8.99. The predicted octanol–water partition coefficient (Wildman–Crippen LogP) is 5.19. The van der Waals surface area contributed by atoms with Gasteiger partial charge in [0.05, 0.1) is 0 Å². The molecule has 1 N–H and O–H groups in total. The Kier molecular flexibility index (Phi) is 5.36. The van der Waals surface area contributed by atoms with Crippen LogP contribution in [-0.4, -0.2) is 23.0 Å². The van der Waals surface area contributed by atoms with Crippen LogP contribution in [0.5, 0.6) is 0 Å². The van der Waals surface area contributed by atoms with Crippen molar-refractivity contribution in [2.75, 3.05) is 5.32 Å². The van der Waals surface area contributed by atoms with Crippen molar-refractivity contribution in [1.82, 2.24) is 4.90 Å². The lowest BCUT2D eigenvalue weighted by Gasteiger charge is -2.41. The minimum Gasteiger partial charge on any atom is -0.319 e. The molecular formula is C19H28N2O. The Balaban J connectivity index is 1.72. The number of hydrogen-bond donors (Lipinski definition) is 1. The van der Waals surface area contributed by atoms with Gasteiger partial charge in [-0.1, -0.05) is 56.7 Å². The average Bonchev–Trinajstić information content (AvgIpc) is 2.58. The van der Waals surface area contributed by atoms with Crippen molar-refractivity contribution in [3.63, 3.8) is 0 Å². The van der Waals surface area contributed by atoms with Crippen LogP contribution in [0.25, 0.3) is 0 Å². The molecule has 1 aromatic carbocycles. The Morgan fingerprint density at radius 1 is 0.818 bits per heavy atom. The number of benzene rings is 1. The Morgan fingerprint density at radius 3 is 1.82 bits per heavy atom. The minimum atomic E-state index is 0.116. The second-order valence-corrected chi connectivity index (χ2v) is 6.79. The van der Waals surface area contributed by atoms with Crippen molar-refractivity contribution in [2.24, 2.45) is 0 Å². The molecule has 3 rings (SSSR count). The van der Waals surface area contributed by atoms with Gasteiger partial charge in [0.2, 0.25) is 0 Å². The van der Waals surface area contributed by atoms with E-state index in [-0.39, 0.29) is 6.03 Å². The molecule has 2 amide bonds. The third-order valence-electron chi connectivity index (χ3n) is 5.20. The van der Waals surface area contributed by atoms with Gasteiger partial charge in [-0.05, 0) is 37.8 Å². The van der Waals surface area contributed by atoms with Crippen LogP contribution >= 0.6 is 0 Å². The lowest BCUT2D eigenvalue weighted by Crippen LogP contribution is -2.50. The maximum absolute atomic E-state index is 12.9. The van der Waals surface area contributed by atoms with Crippen LogP contribution in [0, 0.1) is 0 Å². The zero-order valence-corrected chi connectivity index (χ0v) is 13.5. The topological polar surface area (TPSA) is 32.3 Å². The normalized spacial score (nSPS) is 20.5. The van der Waals surface area contributed by atoms with Gasteiger partial charge in [-0.15, -0.1) is 0 Å². The van der Waals surface area contributed by atoms with Gasteiger partial charge >= 0.3 is 6.03 Å². The number of amides is 2. The molecule has 2 saturated carbocycles. The van der Waals surface area contributed by atoms with E-state index in [0.29, 0.717) is 12.1 Å². The number of rotatable bonds is 3. The third-order valence-corrected chi connectivity index (χ3v) is 5.20. The van der Waals surface area contributed by atoms with E-state index in [1.165, 1.54) is 64.2 Å². The number of nitrogens with zero attached hydrogens (tertiary/aromatic N) is 1. The second kappa shape index (κ2) is 7.66. The van der Waals surface area contributed by atoms with Crippen molar-refractivity contribution in [3.8, 4) is 0 Å². The van der Waals surface area contributed by atoms with Crippen molar-refractivity contribution in [3.05, 3.63) is 30.3 Å². The number of carbonyl (C=O) groups is 1. The summed E-state index contributed by atoms with van der Waals surface area (Å²) in [5.41, 5.74) is 0.907. The average molecular weight is 300 g/mol. The van der Waals surface area contributed by atoms with Crippen LogP contribution in [0.1, 0.15) is 64.2 Å². The van der Waals surface area contributed by atoms with Crippen molar-refractivity contribution >= 4 is 11.7 Å². The van der Waals surface area contributed by atoms with Gasteiger partial charge in [0.25, 0.3) is 0 Å². The first kappa shape index (κ1) is 15.4. The van der Waals surface area contributed by atoms with Gasteiger partial charge in [-0.2, -0.15) is 0 Å². The maximum Gasteiger partial charge on any atom is 0.322 e. The third kappa shape index (κ3) is 3.82. The van der Waals surface area contributed by atoms with Gasteiger partial charge < -0.3 is 10.2 Å². The largest absolute Gasteiger partial charge is 0.322 e. The second-order valence-electron chi connectivity index (χ2n) is 6.79. The van der Waals surface area contributed by atoms with Crippen LogP contribution in [0.4, 0.5) is 10.5 Å². The summed E-state index contributed by atoms with van der Waals surface area (Å²) in [6.45, 7) is 0. The van der Waals surface area contributed by atoms with E-state index >= 15 is 0 Å². The SMILES string of the molecule is O=C(Nc1ccccc1)N(C1CCCCC1)C1CCCCC1. The minimum absolute atomic E-state index is 0.116. The van der Waals surface area contributed by atoms with Gasteiger partial charge in [0.15, 0.2) is 0 Å². The number of carbonyl (C=O) groups excluding carboxylic acids is 1. The first-order valence-electron chi connectivity index (χ1n) is 8.99. The number of para-hydroxylation sites is 1. The molecular weight excluding hydrogens is 272 g/mol. The molecule has 0 aromatic heterocycles. The quantitative estimate of drug-likeness (QED) is 0.819. The van der Waals surface area contributed by atoms with Crippen molar-refractivity contribution < 1.29 is 4.79 Å². The van der Waals surface area contributed by atoms with E-state index in [0.717, 1.165) is 5.69 Å². The van der Waals surface area contributed by atoms with Crippen LogP contribution in [0.3, 0.4) is 0 Å². The molecule has 0 heterocycles. The number of urea groups is 1. The van der Waals surface area contributed by atoms with E-state index in [1.54, 1.807) is 0 Å². The smallest absolute Gasteiger partial charge is 0.319 e. The molecule has 3 nitrogen and oxygen atoms in total. The van der Waals surface area contributed by atoms with Crippen LogP contribution in [0.2, 0.25) is 0 Å². The fourth-order valence-electron chi connectivity index (χ4n) is 4.06. The molecule has 2 aliphatic rings. The molecule has 120 valence electrons. The lowest BCUT2D eigenvalue weighted by atomic mass is 9.89. The molecule has 0 spiro atoms. The maximum atomic E-state index is 12.9. The zero-order valence-electron chi connectivity index (χ0n) is 13.5. The molecule has 0 radical (unpaired) electrons. The van der Waals surface area contributed by atoms with Crippen LogP contribution in [-0.2, 0) is 0 Å². The number of hydrogen-bond acceptors (Lipinski definition) is 1. The fourth-order valence-corrected chi connectivity index (χ4v) is 4.06. The Bertz CT molecular complexity index is 444. The summed E-state index contributed by atoms with van der Waals surface area (Å²) >= 11 is 0. The van der Waals surface area contributed by atoms with Crippen LogP contribution in [0.15, 0.2) is 30.3 Å². The molecule has 1 aromatic rings. The molecule has 22 heavy (non-hydrogen) atoms. The summed E-state index contributed by atoms with van der Waals surface area (Å²) in [5, 5.41) is 3.12. The summed E-state index contributed by atoms with van der Waals surface area (Å²) in [6, 6.07) is 10.9. The summed E-state index contributed by atoms with van der Waals surface area (Å²) in [6.07, 6.45) is 12.5. The summed E-state index contributed by atoms with van der Waals surface area (Å²) in [5.74, 6) is 0. The summed E-state index contributed by atoms with van der Waals surface area (Å²) in [7, 11) is 0. The molecule has 3 heteroatoms. The van der Waals surface area contributed by atoms with E-state index in [2.05, 4.69) is 10.2 Å². The predicted molar refractivity (Wildman–Crippen MR) is 91.0 cm³/mol. The highest BCUT2D eigenvalue weighted by atomic mass is 16.2. The van der Waals surface area contributed by atoms with E-state index in [1.807, 2.05) is 30.3 Å². The van der Waals surface area contributed by atoms with Gasteiger partial charge in [0.1, 0.15) is 0 Å². The van der Waals surface area contributed by atoms with Crippen molar-refractivity contribution in [2.45, 2.75) is 76.3 Å². The van der Waals surface area contributed by atoms with Gasteiger partial charge in [0, 0.05) is 17.8 Å². The first-order chi connectivity index (χ1) is 10.8. The molecule has 2 fully saturated rings. The Hall–Kier alpha value is -1.51. The van der Waals surface area contributed by atoms with Crippen LogP contribution < -0.4 is 5.32 Å². The standard InChI is InChI=1S/C19H28N2O/c22-19(20-16-10-4-1-5-11-16)21(17-12-6-2-7-13-17)18-14-8-3-9-15-18/h1,4-5,10-11,17-18H,2-3,6-9,12-15H2,(H,20,22). The number of nitrogens with one attached hydrogen (secondary N) is 1. The highest BCUT2D eigenvalue weighted by Gasteiger charge is 2.32. The lowest BCUT2D eigenvalue weighted by molar-refractivity contribution is 0.114. The molecule has 0 aliphatic heterocycles. The van der Waals surface area contributed by atoms with Crippen molar-refractivity contribution in [1.29, 1.82) is 0 Å².